The normalized spacial score (nSPS) is 11.1. The molecule has 0 saturated carbocycles. The van der Waals surface area contributed by atoms with Gasteiger partial charge in [0.2, 0.25) is 0 Å². The molecule has 0 saturated heterocycles. The highest BCUT2D eigenvalue weighted by Crippen LogP contribution is 2.37. The number of rotatable bonds is 9. The number of carbonyl (C=O) groups is 1. The smallest absolute Gasteiger partial charge is 0.259 e. The lowest BCUT2D eigenvalue weighted by atomic mass is 10.0. The van der Waals surface area contributed by atoms with Gasteiger partial charge < -0.3 is 19.5 Å². The lowest BCUT2D eigenvalue weighted by molar-refractivity contribution is 0.102. The molecule has 3 aromatic carbocycles. The van der Waals surface area contributed by atoms with Crippen LogP contribution in [-0.4, -0.2) is 34.9 Å². The first-order valence-corrected chi connectivity index (χ1v) is 12.8. The third-order valence-corrected chi connectivity index (χ3v) is 6.46. The van der Waals surface area contributed by atoms with Gasteiger partial charge in [-0.1, -0.05) is 44.2 Å². The van der Waals surface area contributed by atoms with E-state index in [2.05, 4.69) is 15.4 Å². The monoisotopic (exact) mass is 540 g/mol. The Morgan fingerprint density at radius 2 is 1.70 bits per heavy atom. The fourth-order valence-electron chi connectivity index (χ4n) is 4.58. The summed E-state index contributed by atoms with van der Waals surface area (Å²) in [6.45, 7) is 4.57. The summed E-state index contributed by atoms with van der Waals surface area (Å²) in [7, 11) is 3.08. The maximum absolute atomic E-state index is 15.2. The summed E-state index contributed by atoms with van der Waals surface area (Å²) in [6, 6.07) is 19.3. The Morgan fingerprint density at radius 1 is 0.950 bits per heavy atom. The lowest BCUT2D eigenvalue weighted by Crippen LogP contribution is -2.16. The van der Waals surface area contributed by atoms with Crippen LogP contribution in [0.4, 0.5) is 10.1 Å². The maximum atomic E-state index is 15.2. The summed E-state index contributed by atoms with van der Waals surface area (Å²) < 4.78 is 33.6. The minimum absolute atomic E-state index is 0.00108. The number of nitrogens with one attached hydrogen (secondary N) is 1. The van der Waals surface area contributed by atoms with Gasteiger partial charge in [0.1, 0.15) is 5.75 Å². The second-order valence-electron chi connectivity index (χ2n) is 9.48. The number of benzene rings is 3. The average Bonchev–Trinajstić information content (AvgIpc) is 3.38. The molecular weight excluding hydrogens is 511 g/mol. The summed E-state index contributed by atoms with van der Waals surface area (Å²) in [4.78, 5) is 17.6. The molecule has 5 rings (SSSR count). The Labute approximate surface area is 231 Å². The Kier molecular flexibility index (Phi) is 7.63. The van der Waals surface area contributed by atoms with Crippen LogP contribution in [0.25, 0.3) is 10.9 Å². The van der Waals surface area contributed by atoms with Crippen LogP contribution in [0.15, 0.2) is 79.1 Å². The third kappa shape index (κ3) is 5.44. The SMILES string of the molecule is COc1cc2nccc(Oc3ccc(NC(=O)c4cnn(Cc5ccccc5)c4C(C)C)cc3F)c2cc1OC. The van der Waals surface area contributed by atoms with E-state index < -0.39 is 5.82 Å². The molecule has 8 nitrogen and oxygen atoms in total. The topological polar surface area (TPSA) is 87.5 Å². The Bertz CT molecular complexity index is 1670. The van der Waals surface area contributed by atoms with Crippen molar-refractivity contribution in [3.63, 3.8) is 0 Å². The minimum Gasteiger partial charge on any atom is -0.493 e. The molecule has 0 atom stereocenters. The lowest BCUT2D eigenvalue weighted by Gasteiger charge is -2.14. The zero-order valence-corrected chi connectivity index (χ0v) is 22.6. The van der Waals surface area contributed by atoms with E-state index in [1.165, 1.54) is 19.2 Å². The van der Waals surface area contributed by atoms with Crippen molar-refractivity contribution in [3.8, 4) is 23.0 Å². The van der Waals surface area contributed by atoms with Gasteiger partial charge in [-0.25, -0.2) is 4.39 Å². The number of amides is 1. The van der Waals surface area contributed by atoms with Crippen LogP contribution in [-0.2, 0) is 6.54 Å². The van der Waals surface area contributed by atoms with Crippen LogP contribution in [0.2, 0.25) is 0 Å². The van der Waals surface area contributed by atoms with Gasteiger partial charge in [-0.2, -0.15) is 5.10 Å². The van der Waals surface area contributed by atoms with Crippen molar-refractivity contribution < 1.29 is 23.4 Å². The second kappa shape index (κ2) is 11.4. The molecule has 0 aliphatic heterocycles. The highest BCUT2D eigenvalue weighted by molar-refractivity contribution is 6.05. The molecule has 40 heavy (non-hydrogen) atoms. The molecule has 0 aliphatic carbocycles. The van der Waals surface area contributed by atoms with Gasteiger partial charge in [-0.15, -0.1) is 0 Å². The fraction of sp³-hybridized carbons (Fsp3) is 0.194. The number of anilines is 1. The van der Waals surface area contributed by atoms with E-state index in [1.807, 2.05) is 48.9 Å². The molecule has 2 aromatic heterocycles. The number of ether oxygens (including phenoxy) is 3. The summed E-state index contributed by atoms with van der Waals surface area (Å²) in [5, 5.41) is 7.88. The number of hydrogen-bond donors (Lipinski definition) is 1. The van der Waals surface area contributed by atoms with Gasteiger partial charge in [0, 0.05) is 29.4 Å². The predicted octanol–water partition coefficient (Wildman–Crippen LogP) is 6.80. The highest BCUT2D eigenvalue weighted by Gasteiger charge is 2.21. The first-order valence-electron chi connectivity index (χ1n) is 12.8. The fourth-order valence-corrected chi connectivity index (χ4v) is 4.58. The number of nitrogens with zero attached hydrogens (tertiary/aromatic N) is 3. The molecule has 1 amide bonds. The number of halogens is 1. The van der Waals surface area contributed by atoms with Crippen molar-refractivity contribution in [2.24, 2.45) is 0 Å². The van der Waals surface area contributed by atoms with E-state index in [9.17, 15) is 4.79 Å². The van der Waals surface area contributed by atoms with Gasteiger partial charge in [0.15, 0.2) is 23.1 Å². The number of pyridine rings is 1. The zero-order valence-electron chi connectivity index (χ0n) is 22.6. The van der Waals surface area contributed by atoms with Crippen LogP contribution in [0.1, 0.15) is 41.4 Å². The summed E-state index contributed by atoms with van der Waals surface area (Å²) in [5.74, 6) is 0.474. The summed E-state index contributed by atoms with van der Waals surface area (Å²) in [6.07, 6.45) is 3.12. The Balaban J connectivity index is 1.36. The summed E-state index contributed by atoms with van der Waals surface area (Å²) in [5.41, 5.74) is 3.23. The molecule has 0 unspecified atom stereocenters. The molecule has 0 bridgehead atoms. The van der Waals surface area contributed by atoms with Gasteiger partial charge in [-0.3, -0.25) is 14.5 Å². The van der Waals surface area contributed by atoms with Crippen molar-refractivity contribution >= 4 is 22.5 Å². The van der Waals surface area contributed by atoms with E-state index in [-0.39, 0.29) is 17.6 Å². The van der Waals surface area contributed by atoms with Crippen LogP contribution >= 0.6 is 0 Å². The van der Waals surface area contributed by atoms with E-state index in [1.54, 1.807) is 43.8 Å². The van der Waals surface area contributed by atoms with Gasteiger partial charge in [0.25, 0.3) is 5.91 Å². The van der Waals surface area contributed by atoms with Crippen molar-refractivity contribution in [2.75, 3.05) is 19.5 Å². The molecule has 1 N–H and O–H groups in total. The Hall–Kier alpha value is -4.92. The molecule has 204 valence electrons. The molecular formula is C31H29FN4O4. The molecule has 0 spiro atoms. The highest BCUT2D eigenvalue weighted by atomic mass is 19.1. The van der Waals surface area contributed by atoms with Crippen LogP contribution in [0.5, 0.6) is 23.0 Å². The largest absolute Gasteiger partial charge is 0.493 e. The number of aromatic nitrogens is 3. The predicted molar refractivity (Wildman–Crippen MR) is 151 cm³/mol. The zero-order chi connectivity index (χ0) is 28.2. The molecule has 5 aromatic rings. The molecule has 9 heteroatoms. The van der Waals surface area contributed by atoms with Crippen LogP contribution in [0, 0.1) is 5.82 Å². The number of carbonyl (C=O) groups excluding carboxylic acids is 1. The first kappa shape index (κ1) is 26.7. The van der Waals surface area contributed by atoms with E-state index >= 15 is 4.39 Å². The van der Waals surface area contributed by atoms with E-state index in [0.29, 0.717) is 45.9 Å². The minimum atomic E-state index is -0.632. The van der Waals surface area contributed by atoms with Crippen LogP contribution < -0.4 is 19.5 Å². The number of methoxy groups -OCH3 is 2. The number of hydrogen-bond acceptors (Lipinski definition) is 6. The Morgan fingerprint density at radius 3 is 2.40 bits per heavy atom. The van der Waals surface area contributed by atoms with Crippen LogP contribution in [0.3, 0.4) is 0 Å². The van der Waals surface area contributed by atoms with Gasteiger partial charge >= 0.3 is 0 Å². The molecule has 0 radical (unpaired) electrons. The second-order valence-corrected chi connectivity index (χ2v) is 9.48. The molecule has 0 fully saturated rings. The molecule has 2 heterocycles. The molecule has 0 aliphatic rings. The summed E-state index contributed by atoms with van der Waals surface area (Å²) >= 11 is 0. The van der Waals surface area contributed by atoms with Gasteiger partial charge in [-0.05, 0) is 35.7 Å². The van der Waals surface area contributed by atoms with Crippen molar-refractivity contribution in [3.05, 3.63) is 102 Å². The van der Waals surface area contributed by atoms with Crippen molar-refractivity contribution in [1.29, 1.82) is 0 Å². The van der Waals surface area contributed by atoms with E-state index in [0.717, 1.165) is 11.3 Å². The maximum Gasteiger partial charge on any atom is 0.259 e. The first-order chi connectivity index (χ1) is 19.4. The number of fused-ring (bicyclic) bond motifs is 1. The third-order valence-electron chi connectivity index (χ3n) is 6.46. The van der Waals surface area contributed by atoms with E-state index in [4.69, 9.17) is 14.2 Å². The standard InChI is InChI=1S/C31H29FN4O4/c1-19(2)30-23(17-34-36(30)18-20-8-6-5-7-9-20)31(37)35-21-10-11-27(24(32)14-21)40-26-12-13-33-25-16-29(39-4)28(38-3)15-22(25)26/h5-17,19H,18H2,1-4H3,(H,35,37). The van der Waals surface area contributed by atoms with Gasteiger partial charge in [0.05, 0.1) is 43.7 Å². The average molecular weight is 541 g/mol. The van der Waals surface area contributed by atoms with Crippen molar-refractivity contribution in [2.45, 2.75) is 26.3 Å². The quantitative estimate of drug-likeness (QED) is 0.221. The van der Waals surface area contributed by atoms with Crippen molar-refractivity contribution in [1.82, 2.24) is 14.8 Å².